The zero-order valence-electron chi connectivity index (χ0n) is 37.9. The van der Waals surface area contributed by atoms with Crippen molar-refractivity contribution in [1.29, 1.82) is 0 Å². The summed E-state index contributed by atoms with van der Waals surface area (Å²) in [6, 6.07) is -8.39. The molecule has 2 aliphatic rings. The highest BCUT2D eigenvalue weighted by Crippen LogP contribution is 2.44. The molecule has 0 radical (unpaired) electrons. The van der Waals surface area contributed by atoms with Crippen LogP contribution in [0.5, 0.6) is 11.5 Å². The van der Waals surface area contributed by atoms with Gasteiger partial charge < -0.3 is 19.9 Å². The van der Waals surface area contributed by atoms with E-state index in [1.807, 2.05) is 0 Å². The Morgan fingerprint density at radius 1 is 1.47 bits per heavy atom. The first-order valence-corrected chi connectivity index (χ1v) is 9.02. The number of hydrogen-bond donors (Lipinski definition) is 1. The van der Waals surface area contributed by atoms with Crippen molar-refractivity contribution >= 4 is 5.97 Å². The van der Waals surface area contributed by atoms with E-state index in [-0.39, 0.29) is 0 Å². The lowest BCUT2D eigenvalue weighted by Crippen LogP contribution is -2.51. The van der Waals surface area contributed by atoms with Gasteiger partial charge in [-0.3, -0.25) is 9.69 Å². The lowest BCUT2D eigenvalue weighted by molar-refractivity contribution is -0.160. The lowest BCUT2D eigenvalue weighted by atomic mass is 9.79. The molecule has 2 N–H and O–H groups in total. The molecule has 0 spiro atoms. The molecule has 2 heterocycles. The van der Waals surface area contributed by atoms with Crippen molar-refractivity contribution < 1.29 is 47.8 Å². The molecule has 0 aromatic heterocycles. The van der Waals surface area contributed by atoms with Crippen LogP contribution in [0.3, 0.4) is 0 Å². The smallest absolute Gasteiger partial charge is 0.323 e. The largest absolute Gasteiger partial charge is 0.493 e. The second-order valence-electron chi connectivity index (χ2n) is 6.89. The molecule has 5 atom stereocenters. The second-order valence-corrected chi connectivity index (χ2v) is 6.89. The first kappa shape index (κ1) is 7.96. The molecular weight excluding hydrogens is 380 g/mol. The lowest BCUT2D eigenvalue weighted by Gasteiger charge is -2.47. The van der Waals surface area contributed by atoms with Crippen LogP contribution in [0, 0.1) is 17.7 Å². The predicted molar refractivity (Wildman–Crippen MR) is 118 cm³/mol. The van der Waals surface area contributed by atoms with Gasteiger partial charge in [-0.25, -0.2) is 0 Å². The zero-order chi connectivity index (χ0) is 40.5. The molecule has 0 bridgehead atoms. The van der Waals surface area contributed by atoms with E-state index in [1.165, 1.54) is 13.8 Å². The Balaban J connectivity index is 2.74. The van der Waals surface area contributed by atoms with E-state index < -0.39 is 127 Å². The van der Waals surface area contributed by atoms with E-state index in [9.17, 15) is 13.0 Å². The second kappa shape index (κ2) is 9.56. The molecule has 3 rings (SSSR count). The maximum absolute atomic E-state index is 13.4. The van der Waals surface area contributed by atoms with Gasteiger partial charge in [0.05, 0.1) is 22.4 Å². The van der Waals surface area contributed by atoms with Gasteiger partial charge >= 0.3 is 5.97 Å². The summed E-state index contributed by atoms with van der Waals surface area (Å²) >= 11 is 0. The number of rotatable bonds is 7. The van der Waals surface area contributed by atoms with Gasteiger partial charge in [0.15, 0.2) is 11.5 Å². The number of esters is 1. The molecule has 168 valence electrons. The molecule has 0 aliphatic carbocycles. The number of carbonyl (C=O) groups excluding carboxylic acids is 1. The molecule has 1 saturated heterocycles. The zero-order valence-corrected chi connectivity index (χ0v) is 16.9. The van der Waals surface area contributed by atoms with Gasteiger partial charge in [0, 0.05) is 51.8 Å². The van der Waals surface area contributed by atoms with Crippen molar-refractivity contribution in [2.75, 3.05) is 27.1 Å². The van der Waals surface area contributed by atoms with Crippen molar-refractivity contribution in [3.63, 3.8) is 0 Å². The monoisotopic (exact) mass is 439 g/mol. The number of nitrogens with zero attached hydrogens (tertiary/aromatic N) is 1. The number of piperidine rings is 1. The van der Waals surface area contributed by atoms with Crippen molar-refractivity contribution in [2.24, 2.45) is 23.4 Å². The Labute approximate surface area is 210 Å². The van der Waals surface area contributed by atoms with Crippen molar-refractivity contribution in [3.05, 3.63) is 23.2 Å². The Morgan fingerprint density at radius 3 is 2.90 bits per heavy atom. The number of ether oxygens (including phenoxy) is 3. The van der Waals surface area contributed by atoms with E-state index in [4.69, 9.17) is 40.5 Å². The summed E-state index contributed by atoms with van der Waals surface area (Å²) in [5.74, 6) is -12.5. The van der Waals surface area contributed by atoms with Gasteiger partial charge in [-0.2, -0.15) is 0 Å². The molecule has 1 aromatic carbocycles. The topological polar surface area (TPSA) is 74.0 Å². The van der Waals surface area contributed by atoms with E-state index in [2.05, 4.69) is 0 Å². The summed E-state index contributed by atoms with van der Waals surface area (Å²) in [5.41, 5.74) is 3.09. The van der Waals surface area contributed by atoms with Crippen LogP contribution >= 0.6 is 0 Å². The molecule has 1 fully saturated rings. The highest BCUT2D eigenvalue weighted by atomic mass is 16.5. The Bertz CT molecular complexity index is 1580. The third kappa shape index (κ3) is 4.75. The number of benzene rings is 1. The highest BCUT2D eigenvalue weighted by molar-refractivity contribution is 5.76. The summed E-state index contributed by atoms with van der Waals surface area (Å²) in [5, 5.41) is 0. The predicted octanol–water partition coefficient (Wildman–Crippen LogP) is 3.56. The van der Waals surface area contributed by atoms with Gasteiger partial charge in [-0.15, -0.1) is 0 Å². The molecule has 0 amide bonds. The maximum Gasteiger partial charge on any atom is 0.323 e. The first-order valence-electron chi connectivity index (χ1n) is 19.5. The number of nitrogens with two attached hydrogens (primary N) is 1. The van der Waals surface area contributed by atoms with Gasteiger partial charge in [0.25, 0.3) is 0 Å². The van der Waals surface area contributed by atoms with Crippen LogP contribution in [0.1, 0.15) is 86.3 Å². The molecule has 4 unspecified atom stereocenters. The van der Waals surface area contributed by atoms with Gasteiger partial charge in [0.1, 0.15) is 12.1 Å². The average Bonchev–Trinajstić information content (AvgIpc) is 2.92. The SMILES string of the molecule is [2H]c1c(OC([2H])([2H])[2H])c(OC)c([2H])c2c1C([2H])([2H])C([2H])([2H])N1C([2H])([2H])C([2H])(C([2H])([2H])C([2H])(C)C([2H])([2H])[2H])C(OC(=O)[C@@H](N)C(C)C)C([2H])([2H])C21[2H]. The first-order chi connectivity index (χ1) is 22.3. The van der Waals surface area contributed by atoms with Crippen molar-refractivity contribution in [1.82, 2.24) is 4.90 Å². The Morgan fingerprint density at radius 2 is 2.23 bits per heavy atom. The molecule has 30 heavy (non-hydrogen) atoms. The Hall–Kier alpha value is -1.79. The third-order valence-electron chi connectivity index (χ3n) is 4.30. The third-order valence-corrected chi connectivity index (χ3v) is 4.30. The van der Waals surface area contributed by atoms with Crippen molar-refractivity contribution in [3.8, 4) is 11.5 Å². The van der Waals surface area contributed by atoms with E-state index >= 15 is 0 Å². The van der Waals surface area contributed by atoms with Crippen molar-refractivity contribution in [2.45, 2.75) is 64.9 Å². The molecule has 0 saturated carbocycles. The van der Waals surface area contributed by atoms with Gasteiger partial charge in [-0.1, -0.05) is 27.6 Å². The normalized spacial score (nSPS) is 50.1. The van der Waals surface area contributed by atoms with Crippen LogP contribution in [0.2, 0.25) is 0 Å². The fraction of sp³-hybridized carbons (Fsp3) is 0.708. The molecule has 6 nitrogen and oxygen atoms in total. The molecule has 1 aromatic rings. The standard InChI is InChI=1S/C24H38N2O4/c1-14(2)9-17-13-26-8-7-16-10-21(28-5)22(29-6)11-18(16)19(26)12-20(17)30-24(27)23(25)15(3)4/h10-11,14-15,17,19-20,23H,7-9,12-13,25H2,1-6H3/t17?,19?,20?,23-/m0/s1/i1D3,5D3,7D2,8D2,9D2,10D,11D,12D2,13D2,14D,17D,19D/t14?,17?,19?,20?,23-. The van der Waals surface area contributed by atoms with Gasteiger partial charge in [0.2, 0.25) is 0 Å². The minimum atomic E-state index is -4.38. The number of carbonyl (C=O) groups is 1. The molecular formula is C24H38N2O4. The summed E-state index contributed by atoms with van der Waals surface area (Å²) < 4.78 is 197. The van der Waals surface area contributed by atoms with Crippen LogP contribution in [-0.2, 0) is 15.9 Å². The quantitative estimate of drug-likeness (QED) is 0.655. The number of fused-ring (bicyclic) bond motifs is 3. The van der Waals surface area contributed by atoms with E-state index in [0.717, 1.165) is 7.11 Å². The van der Waals surface area contributed by atoms with Crippen LogP contribution in [0.4, 0.5) is 0 Å². The molecule has 2 aliphatic heterocycles. The average molecular weight is 440 g/mol. The Kier molecular flexibility index (Phi) is 2.54. The summed E-state index contributed by atoms with van der Waals surface area (Å²) in [6.45, 7) is -9.12. The number of hydrogen-bond acceptors (Lipinski definition) is 6. The fourth-order valence-electron chi connectivity index (χ4n) is 2.68. The fourth-order valence-corrected chi connectivity index (χ4v) is 2.68. The van der Waals surface area contributed by atoms with E-state index in [0.29, 0.717) is 6.92 Å². The minimum absolute atomic E-state index is 0.411. The summed E-state index contributed by atoms with van der Waals surface area (Å²) in [6.07, 6.45) is -15.6. The minimum Gasteiger partial charge on any atom is -0.493 e. The van der Waals surface area contributed by atoms with Crippen LogP contribution < -0.4 is 15.2 Å². The van der Waals surface area contributed by atoms with Gasteiger partial charge in [-0.05, 0) is 47.8 Å². The van der Waals surface area contributed by atoms with Crippen LogP contribution in [-0.4, -0.2) is 50.2 Å². The molecule has 6 heteroatoms. The van der Waals surface area contributed by atoms with E-state index in [1.54, 1.807) is 0 Å². The highest BCUT2D eigenvalue weighted by Gasteiger charge is 2.41. The maximum atomic E-state index is 13.4. The summed E-state index contributed by atoms with van der Waals surface area (Å²) in [4.78, 5) is 12.8. The van der Waals surface area contributed by atoms with Crippen LogP contribution in [0.15, 0.2) is 12.1 Å². The summed E-state index contributed by atoms with van der Waals surface area (Å²) in [7, 11) is -2.58. The van der Waals surface area contributed by atoms with Crippen LogP contribution in [0.25, 0.3) is 0 Å². The number of methoxy groups -OCH3 is 2.